The lowest BCUT2D eigenvalue weighted by atomic mass is 10.1. The van der Waals surface area contributed by atoms with Gasteiger partial charge in [0, 0.05) is 13.1 Å². The molecular formula is C23H31N5O3. The molecule has 31 heavy (non-hydrogen) atoms. The first kappa shape index (κ1) is 22.5. The zero-order valence-corrected chi connectivity index (χ0v) is 18.5. The van der Waals surface area contributed by atoms with E-state index in [4.69, 9.17) is 0 Å². The smallest absolute Gasteiger partial charge is 0.333 e. The Morgan fingerprint density at radius 3 is 2.55 bits per heavy atom. The number of carbonyl (C=O) groups excluding carboxylic acids is 1. The molecule has 0 spiro atoms. The normalized spacial score (nSPS) is 11.4. The Balaban J connectivity index is 2.04. The van der Waals surface area contributed by atoms with Crippen LogP contribution in [-0.2, 0) is 24.4 Å². The van der Waals surface area contributed by atoms with Crippen LogP contribution in [-0.4, -0.2) is 31.1 Å². The van der Waals surface area contributed by atoms with Gasteiger partial charge in [-0.15, -0.1) is 0 Å². The molecule has 3 rings (SSSR count). The molecule has 2 heterocycles. The maximum atomic E-state index is 13.2. The molecule has 166 valence electrons. The highest BCUT2D eigenvalue weighted by Crippen LogP contribution is 2.11. The highest BCUT2D eigenvalue weighted by Gasteiger charge is 2.19. The Hall–Kier alpha value is -3.16. The lowest BCUT2D eigenvalue weighted by molar-refractivity contribution is -0.121. The molecule has 8 heteroatoms. The minimum absolute atomic E-state index is 0.274. The van der Waals surface area contributed by atoms with Crippen LogP contribution in [0.25, 0.3) is 11.2 Å². The second-order valence-electron chi connectivity index (χ2n) is 8.24. The predicted octanol–water partition coefficient (Wildman–Crippen LogP) is 2.37. The van der Waals surface area contributed by atoms with Crippen LogP contribution in [0.2, 0.25) is 0 Å². The van der Waals surface area contributed by atoms with E-state index in [0.29, 0.717) is 30.2 Å². The standard InChI is InChI=1S/C23H31N5O3/c1-4-5-13-26-16-25-21-20(26)22(30)28(15-19(29)24-12-11-17(2)3)23(31)27(21)14-18-9-7-6-8-10-18/h6-10,16-17H,4-5,11-15H2,1-3H3,(H,24,29). The molecule has 2 aromatic heterocycles. The van der Waals surface area contributed by atoms with Crippen LogP contribution in [0.5, 0.6) is 0 Å². The molecule has 0 unspecified atom stereocenters. The highest BCUT2D eigenvalue weighted by atomic mass is 16.2. The maximum Gasteiger partial charge on any atom is 0.333 e. The molecule has 0 saturated carbocycles. The molecule has 0 fully saturated rings. The van der Waals surface area contributed by atoms with Crippen molar-refractivity contribution in [2.75, 3.05) is 6.54 Å². The quantitative estimate of drug-likeness (QED) is 0.540. The van der Waals surface area contributed by atoms with Gasteiger partial charge in [0.2, 0.25) is 5.91 Å². The molecule has 0 radical (unpaired) electrons. The average Bonchev–Trinajstić information content (AvgIpc) is 3.17. The first-order chi connectivity index (χ1) is 14.9. The van der Waals surface area contributed by atoms with Crippen LogP contribution in [0.15, 0.2) is 46.2 Å². The summed E-state index contributed by atoms with van der Waals surface area (Å²) in [6.45, 7) is 7.33. The number of amides is 1. The predicted molar refractivity (Wildman–Crippen MR) is 121 cm³/mol. The number of carbonyl (C=O) groups is 1. The summed E-state index contributed by atoms with van der Waals surface area (Å²) in [7, 11) is 0. The minimum Gasteiger partial charge on any atom is -0.355 e. The Labute approximate surface area is 181 Å². The van der Waals surface area contributed by atoms with E-state index in [1.165, 1.54) is 4.57 Å². The van der Waals surface area contributed by atoms with Gasteiger partial charge < -0.3 is 9.88 Å². The van der Waals surface area contributed by atoms with Crippen LogP contribution in [0.1, 0.15) is 45.6 Å². The zero-order chi connectivity index (χ0) is 22.4. The van der Waals surface area contributed by atoms with Gasteiger partial charge in [-0.1, -0.05) is 57.5 Å². The number of imidazole rings is 1. The van der Waals surface area contributed by atoms with Gasteiger partial charge in [-0.05, 0) is 24.3 Å². The van der Waals surface area contributed by atoms with E-state index in [9.17, 15) is 14.4 Å². The van der Waals surface area contributed by atoms with Crippen molar-refractivity contribution in [3.05, 3.63) is 63.1 Å². The van der Waals surface area contributed by atoms with Gasteiger partial charge in [-0.2, -0.15) is 0 Å². The molecule has 1 aromatic carbocycles. The summed E-state index contributed by atoms with van der Waals surface area (Å²) in [5.41, 5.74) is 0.629. The van der Waals surface area contributed by atoms with Crippen molar-refractivity contribution in [3.8, 4) is 0 Å². The Kier molecular flexibility index (Phi) is 7.44. The van der Waals surface area contributed by atoms with Crippen LogP contribution < -0.4 is 16.6 Å². The van der Waals surface area contributed by atoms with Crippen LogP contribution in [0, 0.1) is 5.92 Å². The number of nitrogens with one attached hydrogen (secondary N) is 1. The van der Waals surface area contributed by atoms with Gasteiger partial charge in [0.1, 0.15) is 6.54 Å². The van der Waals surface area contributed by atoms with Gasteiger partial charge in [0.25, 0.3) is 5.56 Å². The molecule has 1 amide bonds. The van der Waals surface area contributed by atoms with Gasteiger partial charge in [-0.3, -0.25) is 14.2 Å². The van der Waals surface area contributed by atoms with Gasteiger partial charge in [0.15, 0.2) is 11.2 Å². The fourth-order valence-corrected chi connectivity index (χ4v) is 3.48. The SMILES string of the molecule is CCCCn1cnc2c1c(=O)n(CC(=O)NCCC(C)C)c(=O)n2Cc1ccccc1. The number of hydrogen-bond donors (Lipinski definition) is 1. The number of aromatic nitrogens is 4. The van der Waals surface area contributed by atoms with E-state index in [-0.39, 0.29) is 19.0 Å². The Morgan fingerprint density at radius 1 is 1.13 bits per heavy atom. The summed E-state index contributed by atoms with van der Waals surface area (Å²) in [6.07, 6.45) is 4.30. The van der Waals surface area contributed by atoms with Gasteiger partial charge in [0.05, 0.1) is 12.9 Å². The monoisotopic (exact) mass is 425 g/mol. The van der Waals surface area contributed by atoms with E-state index >= 15 is 0 Å². The van der Waals surface area contributed by atoms with Crippen LogP contribution in [0.4, 0.5) is 0 Å². The van der Waals surface area contributed by atoms with E-state index < -0.39 is 11.2 Å². The number of unbranched alkanes of at least 4 members (excludes halogenated alkanes) is 1. The second kappa shape index (κ2) is 10.2. The molecule has 0 aliphatic carbocycles. The molecule has 3 aromatic rings. The van der Waals surface area contributed by atoms with Crippen molar-refractivity contribution in [3.63, 3.8) is 0 Å². The van der Waals surface area contributed by atoms with Gasteiger partial charge >= 0.3 is 5.69 Å². The molecule has 0 bridgehead atoms. The topological polar surface area (TPSA) is 90.9 Å². The summed E-state index contributed by atoms with van der Waals surface area (Å²) in [5.74, 6) is 0.112. The molecule has 1 N–H and O–H groups in total. The number of nitrogens with zero attached hydrogens (tertiary/aromatic N) is 4. The van der Waals surface area contributed by atoms with Crippen molar-refractivity contribution < 1.29 is 4.79 Å². The first-order valence-corrected chi connectivity index (χ1v) is 10.9. The van der Waals surface area contributed by atoms with Crippen molar-refractivity contribution in [2.45, 2.75) is 59.7 Å². The summed E-state index contributed by atoms with van der Waals surface area (Å²) >= 11 is 0. The van der Waals surface area contributed by atoms with Gasteiger partial charge in [-0.25, -0.2) is 14.3 Å². The summed E-state index contributed by atoms with van der Waals surface area (Å²) < 4.78 is 4.30. The third-order valence-electron chi connectivity index (χ3n) is 5.27. The summed E-state index contributed by atoms with van der Waals surface area (Å²) in [5, 5.41) is 2.81. The Bertz CT molecular complexity index is 1140. The Morgan fingerprint density at radius 2 is 1.87 bits per heavy atom. The number of aryl methyl sites for hydroxylation is 1. The third kappa shape index (κ3) is 5.31. The largest absolute Gasteiger partial charge is 0.355 e. The van der Waals surface area contributed by atoms with E-state index in [1.54, 1.807) is 10.9 Å². The highest BCUT2D eigenvalue weighted by molar-refractivity contribution is 5.76. The lowest BCUT2D eigenvalue weighted by Crippen LogP contribution is -2.44. The van der Waals surface area contributed by atoms with Crippen molar-refractivity contribution in [2.24, 2.45) is 5.92 Å². The number of fused-ring (bicyclic) bond motifs is 1. The molecule has 0 aliphatic heterocycles. The lowest BCUT2D eigenvalue weighted by Gasteiger charge is -2.13. The maximum absolute atomic E-state index is 13.2. The van der Waals surface area contributed by atoms with Crippen molar-refractivity contribution in [1.82, 2.24) is 24.0 Å². The minimum atomic E-state index is -0.527. The molecule has 0 saturated heterocycles. The van der Waals surface area contributed by atoms with Crippen molar-refractivity contribution in [1.29, 1.82) is 0 Å². The first-order valence-electron chi connectivity index (χ1n) is 10.9. The molecule has 0 aliphatic rings. The second-order valence-corrected chi connectivity index (χ2v) is 8.24. The van der Waals surface area contributed by atoms with Crippen molar-refractivity contribution >= 4 is 17.1 Å². The zero-order valence-electron chi connectivity index (χ0n) is 18.5. The fraction of sp³-hybridized carbons (Fsp3) is 0.478. The van der Waals surface area contributed by atoms with E-state index in [0.717, 1.165) is 29.4 Å². The third-order valence-corrected chi connectivity index (χ3v) is 5.27. The molecule has 0 atom stereocenters. The van der Waals surface area contributed by atoms with Crippen LogP contribution in [0.3, 0.4) is 0 Å². The summed E-state index contributed by atoms with van der Waals surface area (Å²) in [4.78, 5) is 43.3. The van der Waals surface area contributed by atoms with E-state index in [1.807, 2.05) is 30.3 Å². The fourth-order valence-electron chi connectivity index (χ4n) is 3.48. The average molecular weight is 426 g/mol. The number of rotatable bonds is 10. The summed E-state index contributed by atoms with van der Waals surface area (Å²) in [6, 6.07) is 9.54. The molecule has 8 nitrogen and oxygen atoms in total. The number of hydrogen-bond acceptors (Lipinski definition) is 4. The van der Waals surface area contributed by atoms with E-state index in [2.05, 4.69) is 31.1 Å². The number of benzene rings is 1. The van der Waals surface area contributed by atoms with Crippen LogP contribution >= 0.6 is 0 Å². The molecular weight excluding hydrogens is 394 g/mol.